The summed E-state index contributed by atoms with van der Waals surface area (Å²) < 4.78 is 0. The second kappa shape index (κ2) is 4.88. The molecule has 5 heteroatoms. The van der Waals surface area contributed by atoms with Crippen molar-refractivity contribution < 1.29 is 4.79 Å². The molecule has 2 heterocycles. The Bertz CT molecular complexity index is 553. The summed E-state index contributed by atoms with van der Waals surface area (Å²) in [6.45, 7) is 1.72. The van der Waals surface area contributed by atoms with Gasteiger partial charge in [0.1, 0.15) is 0 Å². The van der Waals surface area contributed by atoms with Gasteiger partial charge in [0, 0.05) is 23.3 Å². The molecule has 1 aliphatic heterocycles. The van der Waals surface area contributed by atoms with E-state index in [9.17, 15) is 4.79 Å². The van der Waals surface area contributed by atoms with Crippen molar-refractivity contribution in [3.63, 3.8) is 0 Å². The zero-order valence-corrected chi connectivity index (χ0v) is 10.6. The Hall–Kier alpha value is -1.72. The number of thiazole rings is 1. The van der Waals surface area contributed by atoms with Gasteiger partial charge in [-0.1, -0.05) is 18.2 Å². The molecule has 1 aromatic carbocycles. The van der Waals surface area contributed by atoms with E-state index in [0.717, 1.165) is 22.7 Å². The number of aromatic nitrogens is 1. The molecule has 1 N–H and O–H groups in total. The molecule has 0 saturated carbocycles. The van der Waals surface area contributed by atoms with E-state index in [2.05, 4.69) is 16.4 Å². The molecule has 2 aromatic rings. The molecule has 1 amide bonds. The Labute approximate surface area is 109 Å². The number of hydrogen-bond donors (Lipinski definition) is 1. The zero-order valence-electron chi connectivity index (χ0n) is 9.80. The van der Waals surface area contributed by atoms with Gasteiger partial charge in [0.2, 0.25) is 5.91 Å². The van der Waals surface area contributed by atoms with E-state index in [-0.39, 0.29) is 5.91 Å². The fourth-order valence-corrected chi connectivity index (χ4v) is 2.69. The first kappa shape index (κ1) is 11.4. The highest BCUT2D eigenvalue weighted by Gasteiger charge is 2.21. The van der Waals surface area contributed by atoms with Crippen molar-refractivity contribution in [2.45, 2.75) is 13.1 Å². The number of amides is 1. The molecule has 0 aliphatic carbocycles. The van der Waals surface area contributed by atoms with Crippen LogP contribution in [0.2, 0.25) is 0 Å². The number of rotatable bonds is 2. The third kappa shape index (κ3) is 2.14. The van der Waals surface area contributed by atoms with Crippen LogP contribution in [0.25, 0.3) is 0 Å². The Kier molecular flexibility index (Phi) is 3.08. The quantitative estimate of drug-likeness (QED) is 0.894. The third-order valence-corrected chi connectivity index (χ3v) is 3.74. The van der Waals surface area contributed by atoms with E-state index in [1.54, 1.807) is 16.8 Å². The molecule has 0 unspecified atom stereocenters. The van der Waals surface area contributed by atoms with Gasteiger partial charge in [-0.2, -0.15) is 0 Å². The van der Waals surface area contributed by atoms with Crippen LogP contribution in [-0.4, -0.2) is 17.4 Å². The van der Waals surface area contributed by atoms with Gasteiger partial charge in [-0.05, 0) is 11.6 Å². The SMILES string of the molecule is O=C1CNCc2ccccc2N1Cc1cncs1. The number of anilines is 1. The van der Waals surface area contributed by atoms with E-state index in [1.165, 1.54) is 0 Å². The molecule has 0 radical (unpaired) electrons. The van der Waals surface area contributed by atoms with Crippen molar-refractivity contribution >= 4 is 22.9 Å². The first-order chi connectivity index (χ1) is 8.84. The summed E-state index contributed by atoms with van der Waals surface area (Å²) in [7, 11) is 0. The van der Waals surface area contributed by atoms with Crippen LogP contribution in [0.1, 0.15) is 10.4 Å². The van der Waals surface area contributed by atoms with Crippen molar-refractivity contribution in [3.8, 4) is 0 Å². The van der Waals surface area contributed by atoms with E-state index < -0.39 is 0 Å². The van der Waals surface area contributed by atoms with Crippen LogP contribution in [-0.2, 0) is 17.9 Å². The second-order valence-electron chi connectivity index (χ2n) is 4.18. The summed E-state index contributed by atoms with van der Waals surface area (Å²) in [5.41, 5.74) is 3.95. The van der Waals surface area contributed by atoms with Crippen molar-refractivity contribution in [2.24, 2.45) is 0 Å². The highest BCUT2D eigenvalue weighted by atomic mass is 32.1. The van der Waals surface area contributed by atoms with Crippen LogP contribution >= 0.6 is 11.3 Å². The molecular formula is C13H13N3OS. The van der Waals surface area contributed by atoms with Gasteiger partial charge in [-0.3, -0.25) is 9.78 Å². The molecule has 0 bridgehead atoms. The smallest absolute Gasteiger partial charge is 0.241 e. The number of benzene rings is 1. The van der Waals surface area contributed by atoms with E-state index in [1.807, 2.05) is 29.3 Å². The van der Waals surface area contributed by atoms with Crippen LogP contribution in [0.15, 0.2) is 36.0 Å². The highest BCUT2D eigenvalue weighted by Crippen LogP contribution is 2.25. The number of nitrogens with zero attached hydrogens (tertiary/aromatic N) is 2. The second-order valence-corrected chi connectivity index (χ2v) is 5.15. The van der Waals surface area contributed by atoms with Gasteiger partial charge < -0.3 is 10.2 Å². The largest absolute Gasteiger partial charge is 0.306 e. The zero-order chi connectivity index (χ0) is 12.4. The molecular weight excluding hydrogens is 246 g/mol. The topological polar surface area (TPSA) is 45.2 Å². The fourth-order valence-electron chi connectivity index (χ4n) is 2.11. The lowest BCUT2D eigenvalue weighted by Gasteiger charge is -2.21. The minimum absolute atomic E-state index is 0.105. The minimum atomic E-state index is 0.105. The number of nitrogens with one attached hydrogen (secondary N) is 1. The van der Waals surface area contributed by atoms with E-state index in [4.69, 9.17) is 0 Å². The number of carbonyl (C=O) groups is 1. The Balaban J connectivity index is 1.97. The van der Waals surface area contributed by atoms with Crippen LogP contribution in [0.3, 0.4) is 0 Å². The molecule has 18 heavy (non-hydrogen) atoms. The lowest BCUT2D eigenvalue weighted by molar-refractivity contribution is -0.117. The van der Waals surface area contributed by atoms with Gasteiger partial charge in [0.15, 0.2) is 0 Å². The molecule has 1 aliphatic rings. The summed E-state index contributed by atoms with van der Waals surface area (Å²) in [6, 6.07) is 8.03. The van der Waals surface area contributed by atoms with Gasteiger partial charge in [-0.25, -0.2) is 0 Å². The molecule has 1 aromatic heterocycles. The number of para-hydroxylation sites is 1. The van der Waals surface area contributed by atoms with Gasteiger partial charge in [-0.15, -0.1) is 11.3 Å². The monoisotopic (exact) mass is 259 g/mol. The lowest BCUT2D eigenvalue weighted by Crippen LogP contribution is -2.34. The molecule has 0 atom stereocenters. The highest BCUT2D eigenvalue weighted by molar-refractivity contribution is 7.09. The van der Waals surface area contributed by atoms with Crippen molar-refractivity contribution in [2.75, 3.05) is 11.4 Å². The minimum Gasteiger partial charge on any atom is -0.306 e. The standard InChI is InChI=1S/C13H13N3OS/c17-13-7-14-5-10-3-1-2-4-12(10)16(13)8-11-6-15-9-18-11/h1-4,6,9,14H,5,7-8H2. The van der Waals surface area contributed by atoms with Crippen molar-refractivity contribution in [1.82, 2.24) is 10.3 Å². The summed E-state index contributed by atoms with van der Waals surface area (Å²) >= 11 is 1.57. The summed E-state index contributed by atoms with van der Waals surface area (Å²) in [5, 5.41) is 3.16. The van der Waals surface area contributed by atoms with Crippen molar-refractivity contribution in [1.29, 1.82) is 0 Å². The van der Waals surface area contributed by atoms with Crippen LogP contribution in [0.4, 0.5) is 5.69 Å². The van der Waals surface area contributed by atoms with E-state index >= 15 is 0 Å². The van der Waals surface area contributed by atoms with Gasteiger partial charge in [0.25, 0.3) is 0 Å². The predicted octanol–water partition coefficient (Wildman–Crippen LogP) is 1.78. The maximum atomic E-state index is 12.2. The Morgan fingerprint density at radius 1 is 1.33 bits per heavy atom. The average Bonchev–Trinajstić information content (AvgIpc) is 2.84. The molecule has 0 saturated heterocycles. The van der Waals surface area contributed by atoms with Gasteiger partial charge in [0.05, 0.1) is 18.6 Å². The number of carbonyl (C=O) groups excluding carboxylic acids is 1. The Morgan fingerprint density at radius 3 is 3.06 bits per heavy atom. The first-order valence-corrected chi connectivity index (χ1v) is 6.69. The van der Waals surface area contributed by atoms with E-state index in [0.29, 0.717) is 13.1 Å². The molecule has 4 nitrogen and oxygen atoms in total. The lowest BCUT2D eigenvalue weighted by atomic mass is 10.1. The molecule has 92 valence electrons. The molecule has 0 fully saturated rings. The average molecular weight is 259 g/mol. The van der Waals surface area contributed by atoms with Crippen molar-refractivity contribution in [3.05, 3.63) is 46.4 Å². The third-order valence-electron chi connectivity index (χ3n) is 2.97. The number of hydrogen-bond acceptors (Lipinski definition) is 4. The summed E-state index contributed by atoms with van der Waals surface area (Å²) in [5.74, 6) is 0.105. The summed E-state index contributed by atoms with van der Waals surface area (Å²) in [4.78, 5) is 19.1. The Morgan fingerprint density at radius 2 is 2.22 bits per heavy atom. The maximum Gasteiger partial charge on any atom is 0.241 e. The van der Waals surface area contributed by atoms with Gasteiger partial charge >= 0.3 is 0 Å². The first-order valence-electron chi connectivity index (χ1n) is 5.81. The molecule has 0 spiro atoms. The maximum absolute atomic E-state index is 12.2. The summed E-state index contributed by atoms with van der Waals surface area (Å²) in [6.07, 6.45) is 1.82. The number of fused-ring (bicyclic) bond motifs is 1. The predicted molar refractivity (Wildman–Crippen MR) is 71.5 cm³/mol. The molecule has 3 rings (SSSR count). The fraction of sp³-hybridized carbons (Fsp3) is 0.231. The normalized spacial score (nSPS) is 15.3. The van der Waals surface area contributed by atoms with Crippen LogP contribution in [0, 0.1) is 0 Å². The van der Waals surface area contributed by atoms with Crippen LogP contribution < -0.4 is 10.2 Å². The van der Waals surface area contributed by atoms with Crippen LogP contribution in [0.5, 0.6) is 0 Å².